The van der Waals surface area contributed by atoms with Crippen LogP contribution in [-0.2, 0) is 0 Å². The van der Waals surface area contributed by atoms with Crippen LogP contribution >= 0.6 is 22.6 Å². The molecule has 1 aromatic rings. The molecule has 1 saturated carbocycles. The van der Waals surface area contributed by atoms with Gasteiger partial charge in [0.1, 0.15) is 0 Å². The number of hydrogen-bond acceptors (Lipinski definition) is 3. The summed E-state index contributed by atoms with van der Waals surface area (Å²) in [4.78, 5) is 12.8. The Kier molecular flexibility index (Phi) is 4.65. The zero-order valence-electron chi connectivity index (χ0n) is 11.3. The lowest BCUT2D eigenvalue weighted by molar-refractivity contribution is -0.385. The molecule has 0 saturated heterocycles. The second kappa shape index (κ2) is 6.07. The summed E-state index contributed by atoms with van der Waals surface area (Å²) in [5, 5.41) is 10.8. The number of rotatable bonds is 3. The molecule has 0 radical (unpaired) electrons. The molecular weight excluding hydrogens is 355 g/mol. The third-order valence-electron chi connectivity index (χ3n) is 4.10. The lowest BCUT2D eigenvalue weighted by atomic mass is 9.85. The first-order valence-electron chi connectivity index (χ1n) is 6.67. The van der Waals surface area contributed by atoms with Gasteiger partial charge in [0, 0.05) is 24.8 Å². The SMILES string of the molecule is CC1CCCCC1N(C)c1ccc([N+](=O)[O-])c(I)c1. The van der Waals surface area contributed by atoms with E-state index in [1.54, 1.807) is 6.07 Å². The van der Waals surface area contributed by atoms with E-state index in [-0.39, 0.29) is 10.6 Å². The van der Waals surface area contributed by atoms with Gasteiger partial charge in [-0.05, 0) is 53.5 Å². The summed E-state index contributed by atoms with van der Waals surface area (Å²) in [6.07, 6.45) is 5.09. The number of nitro groups is 1. The monoisotopic (exact) mass is 374 g/mol. The minimum absolute atomic E-state index is 0.189. The first kappa shape index (κ1) is 14.6. The third kappa shape index (κ3) is 3.19. The Bertz CT molecular complexity index is 479. The van der Waals surface area contributed by atoms with Crippen molar-refractivity contribution in [1.82, 2.24) is 0 Å². The van der Waals surface area contributed by atoms with Gasteiger partial charge in [0.2, 0.25) is 0 Å². The predicted octanol–water partition coefficient (Wildman–Crippen LogP) is 4.21. The van der Waals surface area contributed by atoms with Gasteiger partial charge in [-0.15, -0.1) is 0 Å². The summed E-state index contributed by atoms with van der Waals surface area (Å²) in [6.45, 7) is 2.30. The number of nitro benzene ring substituents is 1. The van der Waals surface area contributed by atoms with Gasteiger partial charge >= 0.3 is 0 Å². The van der Waals surface area contributed by atoms with E-state index < -0.39 is 0 Å². The first-order chi connectivity index (χ1) is 9.00. The summed E-state index contributed by atoms with van der Waals surface area (Å²) in [7, 11) is 2.10. The van der Waals surface area contributed by atoms with Gasteiger partial charge in [0.15, 0.2) is 0 Å². The van der Waals surface area contributed by atoms with Crippen molar-refractivity contribution < 1.29 is 4.92 Å². The molecule has 104 valence electrons. The predicted molar refractivity (Wildman–Crippen MR) is 85.6 cm³/mol. The summed E-state index contributed by atoms with van der Waals surface area (Å²) < 4.78 is 0.704. The average Bonchev–Trinajstić information content (AvgIpc) is 2.38. The molecule has 1 aliphatic rings. The molecular formula is C14H19IN2O2. The van der Waals surface area contributed by atoms with E-state index in [0.29, 0.717) is 15.5 Å². The normalized spacial score (nSPS) is 23.1. The molecule has 0 N–H and O–H groups in total. The van der Waals surface area contributed by atoms with Crippen molar-refractivity contribution >= 4 is 34.0 Å². The van der Waals surface area contributed by atoms with Gasteiger partial charge in [-0.2, -0.15) is 0 Å². The van der Waals surface area contributed by atoms with Crippen molar-refractivity contribution in [2.45, 2.75) is 38.6 Å². The number of halogens is 1. The lowest BCUT2D eigenvalue weighted by Crippen LogP contribution is -2.39. The van der Waals surface area contributed by atoms with Crippen molar-refractivity contribution in [3.8, 4) is 0 Å². The molecule has 2 unspecified atom stereocenters. The summed E-state index contributed by atoms with van der Waals surface area (Å²) in [5.74, 6) is 0.687. The van der Waals surface area contributed by atoms with Crippen LogP contribution in [0.25, 0.3) is 0 Å². The standard InChI is InChI=1S/C14H19IN2O2/c1-10-5-3-4-6-13(10)16(2)11-7-8-14(17(18)19)12(15)9-11/h7-10,13H,3-6H2,1-2H3. The number of anilines is 1. The van der Waals surface area contributed by atoms with Crippen LogP contribution in [0.5, 0.6) is 0 Å². The van der Waals surface area contributed by atoms with Crippen LogP contribution < -0.4 is 4.90 Å². The van der Waals surface area contributed by atoms with Crippen LogP contribution in [0.4, 0.5) is 11.4 Å². The average molecular weight is 374 g/mol. The van der Waals surface area contributed by atoms with Crippen molar-refractivity contribution in [1.29, 1.82) is 0 Å². The molecule has 0 aromatic heterocycles. The Morgan fingerprint density at radius 3 is 2.63 bits per heavy atom. The highest BCUT2D eigenvalue weighted by molar-refractivity contribution is 14.1. The maximum atomic E-state index is 10.8. The Labute approximate surface area is 127 Å². The molecule has 2 atom stereocenters. The van der Waals surface area contributed by atoms with E-state index in [2.05, 4.69) is 18.9 Å². The topological polar surface area (TPSA) is 46.4 Å². The summed E-state index contributed by atoms with van der Waals surface area (Å²) in [6, 6.07) is 5.94. The molecule has 1 fully saturated rings. The number of nitrogens with zero attached hydrogens (tertiary/aromatic N) is 2. The van der Waals surface area contributed by atoms with Crippen LogP contribution in [0.1, 0.15) is 32.6 Å². The van der Waals surface area contributed by atoms with Crippen LogP contribution in [-0.4, -0.2) is 18.0 Å². The minimum Gasteiger partial charge on any atom is -0.371 e. The Morgan fingerprint density at radius 2 is 2.05 bits per heavy atom. The molecule has 19 heavy (non-hydrogen) atoms. The van der Waals surface area contributed by atoms with Gasteiger partial charge in [-0.3, -0.25) is 10.1 Å². The number of benzene rings is 1. The minimum atomic E-state index is -0.325. The van der Waals surface area contributed by atoms with Crippen molar-refractivity contribution in [3.63, 3.8) is 0 Å². The Balaban J connectivity index is 2.21. The molecule has 0 aliphatic heterocycles. The van der Waals surface area contributed by atoms with E-state index in [0.717, 1.165) is 5.69 Å². The third-order valence-corrected chi connectivity index (χ3v) is 4.96. The van der Waals surface area contributed by atoms with E-state index in [1.807, 2.05) is 34.7 Å². The quantitative estimate of drug-likeness (QED) is 0.452. The second-order valence-electron chi connectivity index (χ2n) is 5.33. The molecule has 0 bridgehead atoms. The molecule has 5 heteroatoms. The van der Waals surface area contributed by atoms with Gasteiger partial charge in [-0.1, -0.05) is 19.8 Å². The molecule has 4 nitrogen and oxygen atoms in total. The maximum absolute atomic E-state index is 10.8. The second-order valence-corrected chi connectivity index (χ2v) is 6.50. The highest BCUT2D eigenvalue weighted by Gasteiger charge is 2.25. The summed E-state index contributed by atoms with van der Waals surface area (Å²) in [5.41, 5.74) is 1.27. The van der Waals surface area contributed by atoms with E-state index in [9.17, 15) is 10.1 Å². The van der Waals surface area contributed by atoms with Crippen molar-refractivity contribution in [2.75, 3.05) is 11.9 Å². The van der Waals surface area contributed by atoms with Gasteiger partial charge < -0.3 is 4.90 Å². The van der Waals surface area contributed by atoms with E-state index in [1.165, 1.54) is 25.7 Å². The Hall–Kier alpha value is -0.850. The molecule has 1 aromatic carbocycles. The summed E-state index contributed by atoms with van der Waals surface area (Å²) >= 11 is 2.04. The molecule has 0 amide bonds. The lowest BCUT2D eigenvalue weighted by Gasteiger charge is -2.37. The maximum Gasteiger partial charge on any atom is 0.282 e. The number of hydrogen-bond donors (Lipinski definition) is 0. The van der Waals surface area contributed by atoms with Crippen LogP contribution in [0.3, 0.4) is 0 Å². The van der Waals surface area contributed by atoms with Gasteiger partial charge in [0.05, 0.1) is 8.49 Å². The zero-order valence-corrected chi connectivity index (χ0v) is 13.5. The highest BCUT2D eigenvalue weighted by Crippen LogP contribution is 2.32. The van der Waals surface area contributed by atoms with Crippen LogP contribution in [0, 0.1) is 19.6 Å². The largest absolute Gasteiger partial charge is 0.371 e. The molecule has 1 aliphatic carbocycles. The molecule has 0 spiro atoms. The van der Waals surface area contributed by atoms with Gasteiger partial charge in [0.25, 0.3) is 5.69 Å². The highest BCUT2D eigenvalue weighted by atomic mass is 127. The van der Waals surface area contributed by atoms with Crippen LogP contribution in [0.2, 0.25) is 0 Å². The first-order valence-corrected chi connectivity index (χ1v) is 7.75. The van der Waals surface area contributed by atoms with E-state index in [4.69, 9.17) is 0 Å². The smallest absolute Gasteiger partial charge is 0.282 e. The Morgan fingerprint density at radius 1 is 1.37 bits per heavy atom. The van der Waals surface area contributed by atoms with Crippen molar-refractivity contribution in [2.24, 2.45) is 5.92 Å². The van der Waals surface area contributed by atoms with E-state index >= 15 is 0 Å². The fourth-order valence-corrected chi connectivity index (χ4v) is 3.62. The van der Waals surface area contributed by atoms with Crippen LogP contribution in [0.15, 0.2) is 18.2 Å². The zero-order chi connectivity index (χ0) is 14.0. The molecule has 0 heterocycles. The fraction of sp³-hybridized carbons (Fsp3) is 0.571. The van der Waals surface area contributed by atoms with Crippen molar-refractivity contribution in [3.05, 3.63) is 31.9 Å². The molecule has 2 rings (SSSR count). The van der Waals surface area contributed by atoms with Gasteiger partial charge in [-0.25, -0.2) is 0 Å². The fourth-order valence-electron chi connectivity index (χ4n) is 2.93.